The zero-order chi connectivity index (χ0) is 10.8. The summed E-state index contributed by atoms with van der Waals surface area (Å²) >= 11 is 1.46. The van der Waals surface area contributed by atoms with Crippen LogP contribution in [0.25, 0.3) is 0 Å². The highest BCUT2D eigenvalue weighted by Crippen LogP contribution is 2.39. The van der Waals surface area contributed by atoms with Crippen LogP contribution in [0, 0.1) is 0 Å². The van der Waals surface area contributed by atoms with Crippen LogP contribution in [0.15, 0.2) is 0 Å². The number of hydrogen-bond acceptors (Lipinski definition) is 5. The zero-order valence-corrected chi connectivity index (χ0v) is 10.0. The Hall–Kier alpha value is -0.680. The standard InChI is InChI=1S/C10H18N4S/c1-6(11)5-7(2)12-10-13-9(14-15-10)8-3-4-8/h6-8H,3-5,11H2,1-2H3,(H,12,13,14). The van der Waals surface area contributed by atoms with Crippen LogP contribution in [-0.4, -0.2) is 21.4 Å². The van der Waals surface area contributed by atoms with Crippen molar-refractivity contribution < 1.29 is 0 Å². The highest BCUT2D eigenvalue weighted by molar-refractivity contribution is 7.09. The summed E-state index contributed by atoms with van der Waals surface area (Å²) in [5.41, 5.74) is 5.74. The third-order valence-corrected chi connectivity index (χ3v) is 3.14. The van der Waals surface area contributed by atoms with Crippen LogP contribution >= 0.6 is 11.5 Å². The van der Waals surface area contributed by atoms with E-state index < -0.39 is 0 Å². The Morgan fingerprint density at radius 1 is 1.53 bits per heavy atom. The Morgan fingerprint density at radius 3 is 2.87 bits per heavy atom. The molecule has 0 aromatic carbocycles. The molecule has 0 spiro atoms. The maximum absolute atomic E-state index is 5.74. The lowest BCUT2D eigenvalue weighted by atomic mass is 10.1. The van der Waals surface area contributed by atoms with Crippen LogP contribution in [0.1, 0.15) is 44.9 Å². The third-order valence-electron chi connectivity index (χ3n) is 2.48. The molecule has 1 aliphatic rings. The monoisotopic (exact) mass is 226 g/mol. The average molecular weight is 226 g/mol. The Balaban J connectivity index is 1.86. The molecule has 0 radical (unpaired) electrons. The Labute approximate surface area is 94.5 Å². The molecule has 1 aliphatic carbocycles. The minimum atomic E-state index is 0.225. The van der Waals surface area contributed by atoms with Crippen molar-refractivity contribution in [2.75, 3.05) is 5.32 Å². The van der Waals surface area contributed by atoms with Crippen LogP contribution < -0.4 is 11.1 Å². The number of nitrogens with two attached hydrogens (primary N) is 1. The van der Waals surface area contributed by atoms with Crippen molar-refractivity contribution in [1.29, 1.82) is 0 Å². The maximum Gasteiger partial charge on any atom is 0.202 e. The van der Waals surface area contributed by atoms with E-state index >= 15 is 0 Å². The van der Waals surface area contributed by atoms with Crippen molar-refractivity contribution in [1.82, 2.24) is 9.36 Å². The highest BCUT2D eigenvalue weighted by Gasteiger charge is 2.27. The van der Waals surface area contributed by atoms with E-state index in [1.165, 1.54) is 24.4 Å². The predicted molar refractivity (Wildman–Crippen MR) is 63.2 cm³/mol. The van der Waals surface area contributed by atoms with E-state index in [1.807, 2.05) is 6.92 Å². The predicted octanol–water partition coefficient (Wildman–Crippen LogP) is 1.95. The summed E-state index contributed by atoms with van der Waals surface area (Å²) < 4.78 is 4.35. The van der Waals surface area contributed by atoms with Crippen LogP contribution in [0.3, 0.4) is 0 Å². The van der Waals surface area contributed by atoms with Gasteiger partial charge in [-0.05, 0) is 33.1 Å². The molecule has 1 aromatic rings. The molecule has 3 N–H and O–H groups in total. The summed E-state index contributed by atoms with van der Waals surface area (Å²) in [6.07, 6.45) is 3.47. The molecule has 0 amide bonds. The first kappa shape index (κ1) is 10.8. The lowest BCUT2D eigenvalue weighted by molar-refractivity contribution is 0.604. The molecular formula is C10H18N4S. The fourth-order valence-corrected chi connectivity index (χ4v) is 2.39. The molecule has 4 nitrogen and oxygen atoms in total. The van der Waals surface area contributed by atoms with Crippen molar-refractivity contribution in [3.63, 3.8) is 0 Å². The van der Waals surface area contributed by atoms with Crippen molar-refractivity contribution >= 4 is 16.7 Å². The summed E-state index contributed by atoms with van der Waals surface area (Å²) in [5.74, 6) is 1.66. The number of nitrogens with zero attached hydrogens (tertiary/aromatic N) is 2. The summed E-state index contributed by atoms with van der Waals surface area (Å²) in [7, 11) is 0. The van der Waals surface area contributed by atoms with Gasteiger partial charge < -0.3 is 11.1 Å². The van der Waals surface area contributed by atoms with Crippen molar-refractivity contribution in [3.8, 4) is 0 Å². The number of rotatable bonds is 5. The van der Waals surface area contributed by atoms with Crippen LogP contribution in [0.5, 0.6) is 0 Å². The smallest absolute Gasteiger partial charge is 0.202 e. The first-order valence-electron chi connectivity index (χ1n) is 5.51. The molecule has 1 aromatic heterocycles. The Bertz CT molecular complexity index is 319. The topological polar surface area (TPSA) is 63.8 Å². The molecule has 1 saturated carbocycles. The van der Waals surface area contributed by atoms with Gasteiger partial charge in [0.2, 0.25) is 5.13 Å². The van der Waals surface area contributed by atoms with E-state index in [9.17, 15) is 0 Å². The second-order valence-electron chi connectivity index (χ2n) is 4.49. The van der Waals surface area contributed by atoms with E-state index in [1.54, 1.807) is 0 Å². The van der Waals surface area contributed by atoms with Gasteiger partial charge in [-0.1, -0.05) is 0 Å². The number of hydrogen-bond donors (Lipinski definition) is 2. The van der Waals surface area contributed by atoms with E-state index in [2.05, 4.69) is 21.6 Å². The van der Waals surface area contributed by atoms with Gasteiger partial charge in [-0.3, -0.25) is 0 Å². The van der Waals surface area contributed by atoms with Crippen molar-refractivity contribution in [2.45, 2.75) is 51.1 Å². The second-order valence-corrected chi connectivity index (χ2v) is 5.24. The van der Waals surface area contributed by atoms with E-state index in [0.29, 0.717) is 12.0 Å². The van der Waals surface area contributed by atoms with Gasteiger partial charge in [0.25, 0.3) is 0 Å². The van der Waals surface area contributed by atoms with Crippen molar-refractivity contribution in [2.24, 2.45) is 5.73 Å². The fraction of sp³-hybridized carbons (Fsp3) is 0.800. The van der Waals surface area contributed by atoms with Crippen LogP contribution in [0.2, 0.25) is 0 Å². The molecule has 0 aliphatic heterocycles. The summed E-state index contributed by atoms with van der Waals surface area (Å²) in [6.45, 7) is 4.15. The lowest BCUT2D eigenvalue weighted by Crippen LogP contribution is -2.26. The SMILES string of the molecule is CC(N)CC(C)Nc1nc(C2CC2)ns1. The van der Waals surface area contributed by atoms with E-state index in [0.717, 1.165) is 17.4 Å². The normalized spacial score (nSPS) is 19.9. The van der Waals surface area contributed by atoms with Gasteiger partial charge >= 0.3 is 0 Å². The molecule has 15 heavy (non-hydrogen) atoms. The molecule has 2 unspecified atom stereocenters. The van der Waals surface area contributed by atoms with Gasteiger partial charge in [0, 0.05) is 29.5 Å². The molecular weight excluding hydrogens is 208 g/mol. The highest BCUT2D eigenvalue weighted by atomic mass is 32.1. The van der Waals surface area contributed by atoms with Gasteiger partial charge in [0.15, 0.2) is 0 Å². The zero-order valence-electron chi connectivity index (χ0n) is 9.23. The van der Waals surface area contributed by atoms with Gasteiger partial charge in [0.05, 0.1) is 0 Å². The van der Waals surface area contributed by atoms with Gasteiger partial charge in [-0.15, -0.1) is 0 Å². The molecule has 2 atom stereocenters. The molecule has 2 rings (SSSR count). The number of aromatic nitrogens is 2. The van der Waals surface area contributed by atoms with Crippen molar-refractivity contribution in [3.05, 3.63) is 5.82 Å². The third kappa shape index (κ3) is 3.14. The summed E-state index contributed by atoms with van der Waals surface area (Å²) in [4.78, 5) is 4.47. The molecule has 5 heteroatoms. The minimum absolute atomic E-state index is 0.225. The molecule has 1 heterocycles. The van der Waals surface area contributed by atoms with E-state index in [4.69, 9.17) is 5.73 Å². The Morgan fingerprint density at radius 2 is 2.27 bits per heavy atom. The maximum atomic E-state index is 5.74. The fourth-order valence-electron chi connectivity index (χ4n) is 1.63. The molecule has 0 bridgehead atoms. The minimum Gasteiger partial charge on any atom is -0.358 e. The Kier molecular flexibility index (Phi) is 3.21. The van der Waals surface area contributed by atoms with Gasteiger partial charge in [-0.2, -0.15) is 4.37 Å². The van der Waals surface area contributed by atoms with Crippen LogP contribution in [0.4, 0.5) is 5.13 Å². The quantitative estimate of drug-likeness (QED) is 0.805. The lowest BCUT2D eigenvalue weighted by Gasteiger charge is -2.14. The largest absolute Gasteiger partial charge is 0.358 e. The first-order chi connectivity index (χ1) is 7.15. The van der Waals surface area contributed by atoms with Gasteiger partial charge in [0.1, 0.15) is 5.82 Å². The molecule has 84 valence electrons. The number of anilines is 1. The molecule has 0 saturated heterocycles. The first-order valence-corrected chi connectivity index (χ1v) is 6.28. The average Bonchev–Trinajstić information content (AvgIpc) is 2.87. The second kappa shape index (κ2) is 4.45. The van der Waals surface area contributed by atoms with E-state index in [-0.39, 0.29) is 6.04 Å². The number of nitrogens with one attached hydrogen (secondary N) is 1. The summed E-state index contributed by atoms with van der Waals surface area (Å²) in [5, 5.41) is 4.28. The summed E-state index contributed by atoms with van der Waals surface area (Å²) in [6, 6.07) is 0.591. The van der Waals surface area contributed by atoms with Crippen LogP contribution in [-0.2, 0) is 0 Å². The van der Waals surface area contributed by atoms with Gasteiger partial charge in [-0.25, -0.2) is 4.98 Å². The molecule has 1 fully saturated rings.